The van der Waals surface area contributed by atoms with Crippen LogP contribution in [0.2, 0.25) is 0 Å². The predicted octanol–water partition coefficient (Wildman–Crippen LogP) is 4.74. The third-order valence-corrected chi connectivity index (χ3v) is 4.43. The van der Waals surface area contributed by atoms with E-state index in [-0.39, 0.29) is 0 Å². The number of alkyl halides is 1. The van der Waals surface area contributed by atoms with Crippen molar-refractivity contribution in [3.63, 3.8) is 0 Å². The van der Waals surface area contributed by atoms with Crippen LogP contribution in [0.25, 0.3) is 0 Å². The van der Waals surface area contributed by atoms with Crippen molar-refractivity contribution < 1.29 is 0 Å². The van der Waals surface area contributed by atoms with Gasteiger partial charge < -0.3 is 0 Å². The van der Waals surface area contributed by atoms with Crippen LogP contribution in [0.15, 0.2) is 24.3 Å². The van der Waals surface area contributed by atoms with Gasteiger partial charge in [-0.25, -0.2) is 0 Å². The van der Waals surface area contributed by atoms with Crippen LogP contribution in [0.1, 0.15) is 37.8 Å². The van der Waals surface area contributed by atoms with Crippen molar-refractivity contribution in [2.75, 3.05) is 0 Å². The summed E-state index contributed by atoms with van der Waals surface area (Å²) in [5.41, 5.74) is 2.93. The average Bonchev–Trinajstić information content (AvgIpc) is 2.20. The molecule has 0 aromatic heterocycles. The fourth-order valence-corrected chi connectivity index (χ4v) is 2.04. The zero-order chi connectivity index (χ0) is 11.3. The van der Waals surface area contributed by atoms with Gasteiger partial charge in [0.15, 0.2) is 0 Å². The maximum Gasteiger partial charge on any atom is 0.0168 e. The van der Waals surface area contributed by atoms with Crippen LogP contribution < -0.4 is 0 Å². The van der Waals surface area contributed by atoms with E-state index in [1.807, 2.05) is 0 Å². The molecule has 0 aliphatic heterocycles. The molecule has 0 aliphatic carbocycles. The van der Waals surface area contributed by atoms with Crippen molar-refractivity contribution in [2.45, 2.75) is 44.9 Å². The highest BCUT2D eigenvalue weighted by molar-refractivity contribution is 9.09. The van der Waals surface area contributed by atoms with Gasteiger partial charge in [-0.15, -0.1) is 0 Å². The third kappa shape index (κ3) is 4.38. The molecule has 0 nitrogen and oxygen atoms in total. The van der Waals surface area contributed by atoms with Crippen molar-refractivity contribution in [1.82, 2.24) is 0 Å². The molecule has 1 atom stereocenters. The van der Waals surface area contributed by atoms with E-state index in [4.69, 9.17) is 0 Å². The van der Waals surface area contributed by atoms with E-state index in [2.05, 4.69) is 61.0 Å². The Morgan fingerprint density at radius 1 is 1.20 bits per heavy atom. The Morgan fingerprint density at radius 2 is 1.87 bits per heavy atom. The average molecular weight is 269 g/mol. The van der Waals surface area contributed by atoms with Gasteiger partial charge in [-0.2, -0.15) is 0 Å². The summed E-state index contributed by atoms with van der Waals surface area (Å²) in [7, 11) is 0. The monoisotopic (exact) mass is 268 g/mol. The molecular formula is C14H21Br. The van der Waals surface area contributed by atoms with Crippen molar-refractivity contribution in [1.29, 1.82) is 0 Å². The number of halogens is 1. The SMILES string of the molecule is Cc1ccccc1CCCC(Br)C(C)C. The Bertz CT molecular complexity index is 291. The second-order valence-electron chi connectivity index (χ2n) is 4.58. The van der Waals surface area contributed by atoms with E-state index in [1.54, 1.807) is 0 Å². The van der Waals surface area contributed by atoms with E-state index < -0.39 is 0 Å². The summed E-state index contributed by atoms with van der Waals surface area (Å²) in [6, 6.07) is 8.69. The molecule has 0 heterocycles. The molecule has 15 heavy (non-hydrogen) atoms. The Hall–Kier alpha value is -0.300. The Balaban J connectivity index is 2.35. The summed E-state index contributed by atoms with van der Waals surface area (Å²) >= 11 is 3.73. The molecule has 0 N–H and O–H groups in total. The molecule has 84 valence electrons. The maximum atomic E-state index is 3.73. The highest BCUT2D eigenvalue weighted by Crippen LogP contribution is 2.19. The smallest absolute Gasteiger partial charge is 0.0168 e. The molecule has 0 bridgehead atoms. The molecule has 1 heteroatoms. The van der Waals surface area contributed by atoms with Gasteiger partial charge in [-0.1, -0.05) is 54.0 Å². The van der Waals surface area contributed by atoms with Crippen LogP contribution in [0, 0.1) is 12.8 Å². The molecule has 0 saturated heterocycles. The second-order valence-corrected chi connectivity index (χ2v) is 5.75. The topological polar surface area (TPSA) is 0 Å². The number of hydrogen-bond donors (Lipinski definition) is 0. The minimum absolute atomic E-state index is 0.668. The Labute approximate surface area is 102 Å². The molecule has 0 aliphatic rings. The summed E-state index contributed by atoms with van der Waals surface area (Å²) in [6.45, 7) is 6.74. The molecule has 0 radical (unpaired) electrons. The zero-order valence-corrected chi connectivity index (χ0v) is 11.5. The highest BCUT2D eigenvalue weighted by Gasteiger charge is 2.08. The van der Waals surface area contributed by atoms with E-state index >= 15 is 0 Å². The number of aryl methyl sites for hydroxylation is 2. The quantitative estimate of drug-likeness (QED) is 0.677. The van der Waals surface area contributed by atoms with Gasteiger partial charge in [-0.05, 0) is 43.2 Å². The van der Waals surface area contributed by atoms with Crippen LogP contribution in [-0.4, -0.2) is 4.83 Å². The summed E-state index contributed by atoms with van der Waals surface area (Å²) in [6.07, 6.45) is 3.76. The first-order valence-corrected chi connectivity index (χ1v) is 6.71. The summed E-state index contributed by atoms with van der Waals surface area (Å²) in [5.74, 6) is 0.738. The highest BCUT2D eigenvalue weighted by atomic mass is 79.9. The fraction of sp³-hybridized carbons (Fsp3) is 0.571. The molecule has 1 aromatic rings. The van der Waals surface area contributed by atoms with Gasteiger partial charge in [0, 0.05) is 4.83 Å². The lowest BCUT2D eigenvalue weighted by Crippen LogP contribution is -2.07. The van der Waals surface area contributed by atoms with Gasteiger partial charge in [0.25, 0.3) is 0 Å². The molecule has 1 aromatic carbocycles. The first-order chi connectivity index (χ1) is 7.11. The van der Waals surface area contributed by atoms with Gasteiger partial charge in [0.05, 0.1) is 0 Å². The van der Waals surface area contributed by atoms with Gasteiger partial charge >= 0.3 is 0 Å². The number of benzene rings is 1. The van der Waals surface area contributed by atoms with Crippen molar-refractivity contribution in [3.8, 4) is 0 Å². The summed E-state index contributed by atoms with van der Waals surface area (Å²) in [5, 5.41) is 0. The van der Waals surface area contributed by atoms with Crippen LogP contribution in [-0.2, 0) is 6.42 Å². The van der Waals surface area contributed by atoms with E-state index in [1.165, 1.54) is 30.4 Å². The van der Waals surface area contributed by atoms with Crippen LogP contribution in [0.3, 0.4) is 0 Å². The van der Waals surface area contributed by atoms with Gasteiger partial charge in [0.1, 0.15) is 0 Å². The third-order valence-electron chi connectivity index (χ3n) is 2.91. The largest absolute Gasteiger partial charge is 0.0888 e. The fourth-order valence-electron chi connectivity index (χ4n) is 1.71. The van der Waals surface area contributed by atoms with Crippen LogP contribution in [0.4, 0.5) is 0 Å². The molecule has 0 fully saturated rings. The first kappa shape index (κ1) is 12.8. The maximum absolute atomic E-state index is 3.73. The Kier molecular flexibility index (Phi) is 5.38. The molecule has 1 unspecified atom stereocenters. The van der Waals surface area contributed by atoms with Crippen molar-refractivity contribution in [3.05, 3.63) is 35.4 Å². The second kappa shape index (κ2) is 6.32. The lowest BCUT2D eigenvalue weighted by Gasteiger charge is -2.13. The molecule has 0 amide bonds. The molecule has 0 spiro atoms. The van der Waals surface area contributed by atoms with Crippen LogP contribution >= 0.6 is 15.9 Å². The first-order valence-electron chi connectivity index (χ1n) is 5.80. The summed E-state index contributed by atoms with van der Waals surface area (Å²) in [4.78, 5) is 0.668. The number of rotatable bonds is 5. The van der Waals surface area contributed by atoms with Crippen molar-refractivity contribution in [2.24, 2.45) is 5.92 Å². The van der Waals surface area contributed by atoms with E-state index in [0.717, 1.165) is 5.92 Å². The Morgan fingerprint density at radius 3 is 2.47 bits per heavy atom. The summed E-state index contributed by atoms with van der Waals surface area (Å²) < 4.78 is 0. The molecular weight excluding hydrogens is 248 g/mol. The predicted molar refractivity (Wildman–Crippen MR) is 71.7 cm³/mol. The minimum Gasteiger partial charge on any atom is -0.0888 e. The lowest BCUT2D eigenvalue weighted by molar-refractivity contribution is 0.562. The normalized spacial score (nSPS) is 13.1. The molecule has 1 rings (SSSR count). The van der Waals surface area contributed by atoms with Crippen LogP contribution in [0.5, 0.6) is 0 Å². The molecule has 0 saturated carbocycles. The lowest BCUT2D eigenvalue weighted by atomic mass is 10.00. The standard InChI is InChI=1S/C14H21Br/c1-11(2)14(15)10-6-9-13-8-5-4-7-12(13)3/h4-5,7-8,11,14H,6,9-10H2,1-3H3. The van der Waals surface area contributed by atoms with Gasteiger partial charge in [0.2, 0.25) is 0 Å². The van der Waals surface area contributed by atoms with Gasteiger partial charge in [-0.3, -0.25) is 0 Å². The van der Waals surface area contributed by atoms with E-state index in [9.17, 15) is 0 Å². The number of hydrogen-bond acceptors (Lipinski definition) is 0. The van der Waals surface area contributed by atoms with E-state index in [0.29, 0.717) is 4.83 Å². The zero-order valence-electron chi connectivity index (χ0n) is 9.96. The van der Waals surface area contributed by atoms with Crippen molar-refractivity contribution >= 4 is 15.9 Å². The minimum atomic E-state index is 0.668.